The van der Waals surface area contributed by atoms with Gasteiger partial charge in [-0.1, -0.05) is 61.9 Å². The van der Waals surface area contributed by atoms with Gasteiger partial charge in [-0.05, 0) is 30.2 Å². The van der Waals surface area contributed by atoms with E-state index in [1.807, 2.05) is 59.2 Å². The topological polar surface area (TPSA) is 92.0 Å². The quantitative estimate of drug-likeness (QED) is 0.313. The van der Waals surface area contributed by atoms with Gasteiger partial charge in [0.05, 0.1) is 11.5 Å². The van der Waals surface area contributed by atoms with Crippen LogP contribution in [0.25, 0.3) is 22.0 Å². The number of aromatic carboxylic acids is 1. The van der Waals surface area contributed by atoms with Gasteiger partial charge in [0.2, 0.25) is 5.76 Å². The number of hydrogen-bond donors (Lipinski definition) is 1. The number of benzene rings is 2. The van der Waals surface area contributed by atoms with Crippen molar-refractivity contribution < 1.29 is 14.3 Å². The number of para-hydroxylation sites is 1. The minimum absolute atomic E-state index is 0.187. The van der Waals surface area contributed by atoms with Crippen molar-refractivity contribution in [2.75, 3.05) is 0 Å². The molecule has 0 saturated carbocycles. The molecule has 0 aliphatic rings. The molecule has 6 heteroatoms. The Hall–Kier alpha value is -4.37. The third kappa shape index (κ3) is 3.43. The van der Waals surface area contributed by atoms with Crippen molar-refractivity contribution in [3.05, 3.63) is 101 Å². The van der Waals surface area contributed by atoms with Crippen LogP contribution >= 0.6 is 0 Å². The average molecular weight is 450 g/mol. The highest BCUT2D eigenvalue weighted by atomic mass is 16.4. The maximum atomic E-state index is 12.7. The van der Waals surface area contributed by atoms with Gasteiger partial charge in [0.25, 0.3) is 0 Å². The lowest BCUT2D eigenvalue weighted by molar-refractivity contribution is 0.0697. The van der Waals surface area contributed by atoms with E-state index in [-0.39, 0.29) is 11.3 Å². The third-order valence-electron chi connectivity index (χ3n) is 6.24. The molecule has 0 radical (unpaired) electrons. The summed E-state index contributed by atoms with van der Waals surface area (Å²) in [6.07, 6.45) is 3.50. The molecule has 0 aliphatic heterocycles. The minimum atomic E-state index is -1.02. The molecule has 1 unspecified atom stereocenters. The Morgan fingerprint density at radius 3 is 2.56 bits per heavy atom. The summed E-state index contributed by atoms with van der Waals surface area (Å²) >= 11 is 0. The van der Waals surface area contributed by atoms with E-state index < -0.39 is 11.9 Å². The molecule has 0 spiro atoms. The molecule has 1 atom stereocenters. The minimum Gasteiger partial charge on any atom is -0.478 e. The molecule has 3 aromatic heterocycles. The number of hydrogen-bond acceptors (Lipinski definition) is 4. The number of nitrogens with zero attached hydrogens (tertiary/aromatic N) is 3. The Kier molecular flexibility index (Phi) is 5.60. The first-order valence-corrected chi connectivity index (χ1v) is 11.3. The van der Waals surface area contributed by atoms with Gasteiger partial charge in [-0.15, -0.1) is 0 Å². The van der Waals surface area contributed by atoms with E-state index in [0.717, 1.165) is 23.8 Å². The standard InChI is InChI=1S/C28H23N3O3/c1-2-3-16-31-26(25(28(32)33)20-13-9-15-30-27(20)31)23(18-10-5-4-6-11-18)24-19-12-7-8-14-21(19)34-22(24)17-29/h4-15,23H,2-3,16H2,1H3,(H,32,33). The molecular formula is C28H23N3O3. The van der Waals surface area contributed by atoms with Gasteiger partial charge in [0.1, 0.15) is 17.3 Å². The Balaban J connectivity index is 1.94. The molecule has 0 bridgehead atoms. The lowest BCUT2D eigenvalue weighted by atomic mass is 9.84. The summed E-state index contributed by atoms with van der Waals surface area (Å²) in [4.78, 5) is 17.3. The Bertz CT molecular complexity index is 1540. The van der Waals surface area contributed by atoms with Crippen LogP contribution in [0.2, 0.25) is 0 Å². The van der Waals surface area contributed by atoms with Crippen molar-refractivity contribution >= 4 is 28.0 Å². The van der Waals surface area contributed by atoms with Gasteiger partial charge >= 0.3 is 5.97 Å². The zero-order valence-electron chi connectivity index (χ0n) is 18.7. The number of unbranched alkanes of at least 4 members (excludes halogenated alkanes) is 1. The molecule has 2 aromatic carbocycles. The SMILES string of the molecule is CCCCn1c(C(c2ccccc2)c2c(C#N)oc3ccccc23)c(C(=O)O)c2cccnc21. The van der Waals surface area contributed by atoms with Crippen molar-refractivity contribution in [2.24, 2.45) is 0 Å². The number of carbonyl (C=O) groups is 1. The lowest BCUT2D eigenvalue weighted by Gasteiger charge is -2.21. The van der Waals surface area contributed by atoms with E-state index >= 15 is 0 Å². The molecule has 6 nitrogen and oxygen atoms in total. The van der Waals surface area contributed by atoms with Crippen LogP contribution in [0, 0.1) is 11.3 Å². The molecule has 5 rings (SSSR count). The fourth-order valence-corrected chi connectivity index (χ4v) is 4.80. The van der Waals surface area contributed by atoms with Crippen molar-refractivity contribution in [3.8, 4) is 6.07 Å². The number of fused-ring (bicyclic) bond motifs is 2. The van der Waals surface area contributed by atoms with Crippen LogP contribution in [-0.2, 0) is 6.54 Å². The number of furan rings is 1. The molecule has 0 aliphatic carbocycles. The lowest BCUT2D eigenvalue weighted by Crippen LogP contribution is -2.15. The largest absolute Gasteiger partial charge is 0.478 e. The third-order valence-corrected chi connectivity index (χ3v) is 6.24. The van der Waals surface area contributed by atoms with Gasteiger partial charge in [-0.3, -0.25) is 0 Å². The summed E-state index contributed by atoms with van der Waals surface area (Å²) < 4.78 is 7.95. The summed E-state index contributed by atoms with van der Waals surface area (Å²) in [5.74, 6) is -1.36. The van der Waals surface area contributed by atoms with Crippen LogP contribution in [0.3, 0.4) is 0 Å². The zero-order chi connectivity index (χ0) is 23.7. The van der Waals surface area contributed by atoms with Crippen LogP contribution in [0.1, 0.15) is 58.6 Å². The molecule has 168 valence electrons. The maximum absolute atomic E-state index is 12.7. The Morgan fingerprint density at radius 1 is 1.09 bits per heavy atom. The van der Waals surface area contributed by atoms with Crippen molar-refractivity contribution in [1.29, 1.82) is 5.26 Å². The van der Waals surface area contributed by atoms with E-state index in [1.165, 1.54) is 0 Å². The van der Waals surface area contributed by atoms with E-state index in [2.05, 4.69) is 18.0 Å². The highest BCUT2D eigenvalue weighted by Crippen LogP contribution is 2.43. The summed E-state index contributed by atoms with van der Waals surface area (Å²) in [6.45, 7) is 2.72. The molecule has 0 saturated heterocycles. The molecule has 1 N–H and O–H groups in total. The van der Waals surface area contributed by atoms with Gasteiger partial charge < -0.3 is 14.1 Å². The summed E-state index contributed by atoms with van der Waals surface area (Å²) in [5, 5.41) is 21.8. The van der Waals surface area contributed by atoms with Crippen molar-refractivity contribution in [3.63, 3.8) is 0 Å². The normalized spacial score (nSPS) is 12.1. The monoisotopic (exact) mass is 449 g/mol. The first-order chi connectivity index (χ1) is 16.7. The second-order valence-electron chi connectivity index (χ2n) is 8.24. The summed E-state index contributed by atoms with van der Waals surface area (Å²) in [5.41, 5.74) is 3.61. The molecule has 3 heterocycles. The van der Waals surface area contributed by atoms with Gasteiger partial charge in [0, 0.05) is 34.8 Å². The number of pyridine rings is 1. The first kappa shape index (κ1) is 21.5. The second-order valence-corrected chi connectivity index (χ2v) is 8.24. The van der Waals surface area contributed by atoms with Crippen molar-refractivity contribution in [2.45, 2.75) is 32.2 Å². The number of aryl methyl sites for hydroxylation is 1. The van der Waals surface area contributed by atoms with E-state index in [0.29, 0.717) is 34.4 Å². The molecular weight excluding hydrogens is 426 g/mol. The van der Waals surface area contributed by atoms with Crippen LogP contribution in [0.15, 0.2) is 77.3 Å². The highest BCUT2D eigenvalue weighted by molar-refractivity contribution is 6.05. The van der Waals surface area contributed by atoms with Crippen molar-refractivity contribution in [1.82, 2.24) is 9.55 Å². The molecule has 5 aromatic rings. The Morgan fingerprint density at radius 2 is 1.82 bits per heavy atom. The number of carboxylic acids is 1. The predicted molar refractivity (Wildman–Crippen MR) is 130 cm³/mol. The number of nitriles is 1. The molecule has 34 heavy (non-hydrogen) atoms. The van der Waals surface area contributed by atoms with Gasteiger partial charge in [0.15, 0.2) is 0 Å². The maximum Gasteiger partial charge on any atom is 0.338 e. The second kappa shape index (κ2) is 8.87. The van der Waals surface area contributed by atoms with Crippen LogP contribution in [0.5, 0.6) is 0 Å². The molecule has 0 fully saturated rings. The van der Waals surface area contributed by atoms with E-state index in [9.17, 15) is 15.2 Å². The summed E-state index contributed by atoms with van der Waals surface area (Å²) in [6, 6.07) is 23.0. The Labute approximate surface area is 196 Å². The fourth-order valence-electron chi connectivity index (χ4n) is 4.80. The highest BCUT2D eigenvalue weighted by Gasteiger charge is 2.34. The van der Waals surface area contributed by atoms with Gasteiger partial charge in [-0.25, -0.2) is 9.78 Å². The average Bonchev–Trinajstić information content (AvgIpc) is 3.40. The van der Waals surface area contributed by atoms with Gasteiger partial charge in [-0.2, -0.15) is 5.26 Å². The zero-order valence-corrected chi connectivity index (χ0v) is 18.7. The smallest absolute Gasteiger partial charge is 0.338 e. The van der Waals surface area contributed by atoms with E-state index in [4.69, 9.17) is 4.42 Å². The van der Waals surface area contributed by atoms with E-state index in [1.54, 1.807) is 18.3 Å². The predicted octanol–water partition coefficient (Wildman–Crippen LogP) is 6.33. The number of carboxylic acid groups (broad SMARTS) is 1. The number of rotatable bonds is 7. The fraction of sp³-hybridized carbons (Fsp3) is 0.179. The number of aromatic nitrogens is 2. The molecule has 0 amide bonds. The summed E-state index contributed by atoms with van der Waals surface area (Å²) in [7, 11) is 0. The van der Waals surface area contributed by atoms with Crippen LogP contribution in [0.4, 0.5) is 0 Å². The van der Waals surface area contributed by atoms with Crippen LogP contribution < -0.4 is 0 Å². The van der Waals surface area contributed by atoms with Crippen LogP contribution in [-0.4, -0.2) is 20.6 Å². The first-order valence-electron chi connectivity index (χ1n) is 11.3.